The lowest BCUT2D eigenvalue weighted by atomic mass is 9.91. The zero-order valence-corrected chi connectivity index (χ0v) is 20.1. The lowest BCUT2D eigenvalue weighted by Gasteiger charge is -2.47. The largest absolute Gasteiger partial charge is 0.351 e. The van der Waals surface area contributed by atoms with Crippen LogP contribution in [0.25, 0.3) is 0 Å². The summed E-state index contributed by atoms with van der Waals surface area (Å²) < 4.78 is 25.7. The third-order valence-corrected chi connectivity index (χ3v) is 7.78. The summed E-state index contributed by atoms with van der Waals surface area (Å²) in [6.45, 7) is 3.06. The number of carbonyl (C=O) groups excluding carboxylic acids is 2. The van der Waals surface area contributed by atoms with Gasteiger partial charge in [0.25, 0.3) is 0 Å². The Hall–Kier alpha value is -1.64. The molecule has 172 valence electrons. The van der Waals surface area contributed by atoms with E-state index in [0.29, 0.717) is 10.7 Å². The number of hydrogen-bond acceptors (Lipinski definition) is 4. The van der Waals surface area contributed by atoms with E-state index in [0.717, 1.165) is 54.6 Å². The Labute approximate surface area is 190 Å². The molecule has 1 aliphatic heterocycles. The van der Waals surface area contributed by atoms with Crippen molar-refractivity contribution in [2.75, 3.05) is 24.2 Å². The first-order valence-corrected chi connectivity index (χ1v) is 13.1. The number of hydrogen-bond donors (Lipinski definition) is 1. The van der Waals surface area contributed by atoms with E-state index in [2.05, 4.69) is 5.32 Å². The van der Waals surface area contributed by atoms with Crippen molar-refractivity contribution < 1.29 is 18.0 Å². The molecule has 1 atom stereocenters. The van der Waals surface area contributed by atoms with E-state index >= 15 is 0 Å². The van der Waals surface area contributed by atoms with Gasteiger partial charge in [0, 0.05) is 23.3 Å². The van der Waals surface area contributed by atoms with Gasteiger partial charge in [0.15, 0.2) is 0 Å². The van der Waals surface area contributed by atoms with Crippen LogP contribution in [0.2, 0.25) is 5.02 Å². The topological polar surface area (TPSA) is 86.8 Å². The number of carbonyl (C=O) groups is 2. The zero-order chi connectivity index (χ0) is 22.8. The molecule has 1 heterocycles. The molecule has 1 saturated carbocycles. The minimum atomic E-state index is -3.65. The van der Waals surface area contributed by atoms with E-state index in [-0.39, 0.29) is 25.0 Å². The molecule has 0 radical (unpaired) electrons. The van der Waals surface area contributed by atoms with Gasteiger partial charge in [-0.2, -0.15) is 4.31 Å². The second kappa shape index (κ2) is 9.46. The van der Waals surface area contributed by atoms with Crippen molar-refractivity contribution >= 4 is 39.1 Å². The van der Waals surface area contributed by atoms with Crippen molar-refractivity contribution in [2.24, 2.45) is 0 Å². The van der Waals surface area contributed by atoms with Crippen LogP contribution in [0, 0.1) is 6.92 Å². The van der Waals surface area contributed by atoms with E-state index < -0.39 is 21.5 Å². The predicted molar refractivity (Wildman–Crippen MR) is 123 cm³/mol. The molecule has 1 N–H and O–H groups in total. The molecule has 1 aliphatic carbocycles. The molecule has 9 heteroatoms. The third-order valence-electron chi connectivity index (χ3n) is 6.35. The van der Waals surface area contributed by atoms with Crippen molar-refractivity contribution in [1.82, 2.24) is 9.62 Å². The highest BCUT2D eigenvalue weighted by Gasteiger charge is 2.51. The number of rotatable bonds is 4. The fraction of sp³-hybridized carbons (Fsp3) is 0.636. The zero-order valence-electron chi connectivity index (χ0n) is 18.5. The Morgan fingerprint density at radius 2 is 1.77 bits per heavy atom. The molecule has 2 aliphatic rings. The number of nitrogens with zero attached hydrogens (tertiary/aromatic N) is 2. The number of benzene rings is 1. The molecule has 1 aromatic rings. The van der Waals surface area contributed by atoms with Gasteiger partial charge in [-0.25, -0.2) is 8.42 Å². The number of halogens is 1. The predicted octanol–water partition coefficient (Wildman–Crippen LogP) is 3.24. The maximum atomic E-state index is 13.6. The summed E-state index contributed by atoms with van der Waals surface area (Å²) in [5, 5.41) is 3.58. The van der Waals surface area contributed by atoms with Crippen LogP contribution < -0.4 is 10.2 Å². The molecule has 31 heavy (non-hydrogen) atoms. The smallest absolute Gasteiger partial charge is 0.247 e. The van der Waals surface area contributed by atoms with E-state index in [4.69, 9.17) is 11.6 Å². The lowest BCUT2D eigenvalue weighted by Crippen LogP contribution is -2.70. The van der Waals surface area contributed by atoms with E-state index in [1.807, 2.05) is 6.92 Å². The maximum Gasteiger partial charge on any atom is 0.247 e. The molecule has 1 saturated heterocycles. The first-order chi connectivity index (χ1) is 14.5. The standard InChI is InChI=1S/C22H32ClN3O4S/c1-16-11-12-17(23)13-19(16)26-20(27)14-25(31(3,29)30)15-22(26,2)21(28)24-18-9-7-5-4-6-8-10-18/h11-13,18H,4-10,14-15H2,1-3H3,(H,24,28). The molecule has 2 amide bonds. The Morgan fingerprint density at radius 1 is 1.16 bits per heavy atom. The normalized spacial score (nSPS) is 24.5. The van der Waals surface area contributed by atoms with Crippen molar-refractivity contribution in [2.45, 2.75) is 70.4 Å². The highest BCUT2D eigenvalue weighted by molar-refractivity contribution is 7.88. The van der Waals surface area contributed by atoms with Crippen molar-refractivity contribution in [1.29, 1.82) is 0 Å². The molecular formula is C22H32ClN3O4S. The van der Waals surface area contributed by atoms with Gasteiger partial charge in [-0.1, -0.05) is 49.8 Å². The van der Waals surface area contributed by atoms with Crippen LogP contribution >= 0.6 is 11.6 Å². The van der Waals surface area contributed by atoms with Gasteiger partial charge in [-0.05, 0) is 44.4 Å². The number of sulfonamides is 1. The fourth-order valence-electron chi connectivity index (χ4n) is 4.54. The number of anilines is 1. The highest BCUT2D eigenvalue weighted by Crippen LogP contribution is 2.34. The molecule has 2 fully saturated rings. The minimum absolute atomic E-state index is 0.0237. The van der Waals surface area contributed by atoms with Crippen LogP contribution in [0.3, 0.4) is 0 Å². The molecule has 1 aromatic carbocycles. The summed E-state index contributed by atoms with van der Waals surface area (Å²) in [5.41, 5.74) is -0.0764. The Morgan fingerprint density at radius 3 is 2.39 bits per heavy atom. The van der Waals surface area contributed by atoms with E-state index in [1.54, 1.807) is 25.1 Å². The van der Waals surface area contributed by atoms with Gasteiger partial charge in [0.05, 0.1) is 12.8 Å². The molecule has 7 nitrogen and oxygen atoms in total. The average molecular weight is 470 g/mol. The second-order valence-corrected chi connectivity index (χ2v) is 11.4. The summed E-state index contributed by atoms with van der Waals surface area (Å²) in [4.78, 5) is 28.3. The second-order valence-electron chi connectivity index (χ2n) is 8.98. The summed E-state index contributed by atoms with van der Waals surface area (Å²) >= 11 is 6.20. The summed E-state index contributed by atoms with van der Waals surface area (Å²) in [5.74, 6) is -0.781. The molecule has 0 bridgehead atoms. The molecule has 3 rings (SSSR count). The van der Waals surface area contributed by atoms with E-state index in [9.17, 15) is 18.0 Å². The maximum absolute atomic E-state index is 13.6. The lowest BCUT2D eigenvalue weighted by molar-refractivity contribution is -0.133. The van der Waals surface area contributed by atoms with Crippen LogP contribution in [0.15, 0.2) is 18.2 Å². The molecule has 0 spiro atoms. The van der Waals surface area contributed by atoms with Gasteiger partial charge >= 0.3 is 0 Å². The Kier molecular flexibility index (Phi) is 7.33. The van der Waals surface area contributed by atoms with Crippen LogP contribution in [0.4, 0.5) is 5.69 Å². The first-order valence-electron chi connectivity index (χ1n) is 10.9. The van der Waals surface area contributed by atoms with Crippen molar-refractivity contribution in [3.05, 3.63) is 28.8 Å². The number of nitrogens with one attached hydrogen (secondary N) is 1. The number of piperazine rings is 1. The number of aryl methyl sites for hydroxylation is 1. The van der Waals surface area contributed by atoms with E-state index in [1.165, 1.54) is 11.3 Å². The van der Waals surface area contributed by atoms with Crippen molar-refractivity contribution in [3.63, 3.8) is 0 Å². The van der Waals surface area contributed by atoms with Gasteiger partial charge in [-0.3, -0.25) is 14.5 Å². The number of amides is 2. The van der Waals surface area contributed by atoms with Crippen LogP contribution in [-0.2, 0) is 19.6 Å². The van der Waals surface area contributed by atoms with Gasteiger partial charge in [-0.15, -0.1) is 0 Å². The monoisotopic (exact) mass is 469 g/mol. The van der Waals surface area contributed by atoms with Crippen LogP contribution in [-0.4, -0.2) is 55.5 Å². The Bertz CT molecular complexity index is 944. The summed E-state index contributed by atoms with van der Waals surface area (Å²) in [7, 11) is -3.65. The fourth-order valence-corrected chi connectivity index (χ4v) is 5.54. The van der Waals surface area contributed by atoms with Gasteiger partial charge in [0.1, 0.15) is 5.54 Å². The van der Waals surface area contributed by atoms with Crippen LogP contribution in [0.5, 0.6) is 0 Å². The van der Waals surface area contributed by atoms with Crippen LogP contribution in [0.1, 0.15) is 57.4 Å². The average Bonchev–Trinajstić information content (AvgIpc) is 2.65. The SMILES string of the molecule is Cc1ccc(Cl)cc1N1C(=O)CN(S(C)(=O)=O)CC1(C)C(=O)NC1CCCCCCC1. The van der Waals surface area contributed by atoms with Gasteiger partial charge < -0.3 is 5.32 Å². The Balaban J connectivity index is 1.98. The van der Waals surface area contributed by atoms with Gasteiger partial charge in [0.2, 0.25) is 21.8 Å². The minimum Gasteiger partial charge on any atom is -0.351 e. The highest BCUT2D eigenvalue weighted by atomic mass is 35.5. The molecule has 0 aromatic heterocycles. The first kappa shape index (κ1) is 24.0. The quantitative estimate of drug-likeness (QED) is 0.733. The molecular weight excluding hydrogens is 438 g/mol. The van der Waals surface area contributed by atoms with Crippen molar-refractivity contribution in [3.8, 4) is 0 Å². The third kappa shape index (κ3) is 5.41. The summed E-state index contributed by atoms with van der Waals surface area (Å²) in [6.07, 6.45) is 8.46. The summed E-state index contributed by atoms with van der Waals surface area (Å²) in [6, 6.07) is 5.20. The molecule has 1 unspecified atom stereocenters.